The zero-order valence-electron chi connectivity index (χ0n) is 20.2. The van der Waals surface area contributed by atoms with Crippen LogP contribution in [0.2, 0.25) is 0 Å². The highest BCUT2D eigenvalue weighted by Crippen LogP contribution is 2.26. The summed E-state index contributed by atoms with van der Waals surface area (Å²) >= 11 is 1.32. The Hall–Kier alpha value is -3.99. The first-order valence-electron chi connectivity index (χ1n) is 11.9. The number of carbonyl (C=O) groups is 1. The van der Waals surface area contributed by atoms with Crippen LogP contribution in [0.15, 0.2) is 48.4 Å². The Labute approximate surface area is 217 Å². The van der Waals surface area contributed by atoms with E-state index in [4.69, 9.17) is 0 Å². The lowest BCUT2D eigenvalue weighted by Gasteiger charge is -2.27. The van der Waals surface area contributed by atoms with E-state index in [1.54, 1.807) is 36.3 Å². The molecule has 1 amide bonds. The fraction of sp³-hybridized carbons (Fsp3) is 0.269. The van der Waals surface area contributed by atoms with Crippen LogP contribution in [-0.2, 0) is 11.3 Å². The topological polar surface area (TPSA) is 88.8 Å². The molecule has 1 N–H and O–H groups in total. The van der Waals surface area contributed by atoms with Crippen LogP contribution >= 0.6 is 11.3 Å². The number of hydrogen-bond acceptors (Lipinski definition) is 7. The molecule has 1 fully saturated rings. The van der Waals surface area contributed by atoms with Crippen LogP contribution in [0.5, 0.6) is 0 Å². The average molecular weight is 524 g/mol. The minimum absolute atomic E-state index is 0. The maximum absolute atomic E-state index is 13.8. The van der Waals surface area contributed by atoms with Gasteiger partial charge in [0.15, 0.2) is 5.65 Å². The van der Waals surface area contributed by atoms with Crippen molar-refractivity contribution >= 4 is 44.7 Å². The standard InChI is InChI=1S/C17H18FN5.C9H7FN2OS.H2/c1-12-5-6-13(9-15(12)18)23-10-14-16(21-23)19-11-20-17(14)22-7-3-2-4-8-22;10-8-4-14-9-3-12-6(1-7(8)9)2-11-5-13;/h5-6,9-11H,2-4,7-8H2,1H3;1,3-5H,2H2,(H,11,13);1H. The summed E-state index contributed by atoms with van der Waals surface area (Å²) in [6.07, 6.45) is 9.29. The molecule has 0 atom stereocenters. The van der Waals surface area contributed by atoms with Gasteiger partial charge in [0.25, 0.3) is 0 Å². The third-order valence-electron chi connectivity index (χ3n) is 6.21. The van der Waals surface area contributed by atoms with Crippen LogP contribution in [0.4, 0.5) is 14.6 Å². The van der Waals surface area contributed by atoms with Gasteiger partial charge < -0.3 is 10.2 Å². The quantitative estimate of drug-likeness (QED) is 0.319. The first-order valence-corrected chi connectivity index (χ1v) is 12.8. The number of nitrogens with zero attached hydrogens (tertiary/aromatic N) is 6. The number of anilines is 1. The van der Waals surface area contributed by atoms with Crippen molar-refractivity contribution in [1.82, 2.24) is 30.0 Å². The molecule has 37 heavy (non-hydrogen) atoms. The first-order chi connectivity index (χ1) is 18.0. The van der Waals surface area contributed by atoms with Crippen molar-refractivity contribution in [3.05, 3.63) is 71.3 Å². The van der Waals surface area contributed by atoms with Gasteiger partial charge in [-0.3, -0.25) is 9.78 Å². The van der Waals surface area contributed by atoms with Gasteiger partial charge in [-0.15, -0.1) is 16.4 Å². The lowest BCUT2D eigenvalue weighted by Crippen LogP contribution is -2.30. The van der Waals surface area contributed by atoms with Crippen LogP contribution in [0, 0.1) is 18.6 Å². The number of halogens is 2. The van der Waals surface area contributed by atoms with E-state index in [1.807, 2.05) is 12.3 Å². The molecule has 0 unspecified atom stereocenters. The minimum Gasteiger partial charge on any atom is -0.356 e. The van der Waals surface area contributed by atoms with Gasteiger partial charge in [0.05, 0.1) is 28.0 Å². The number of fused-ring (bicyclic) bond motifs is 2. The van der Waals surface area contributed by atoms with Gasteiger partial charge in [0.2, 0.25) is 6.41 Å². The van der Waals surface area contributed by atoms with Gasteiger partial charge in [-0.2, -0.15) is 0 Å². The molecule has 4 aromatic heterocycles. The maximum atomic E-state index is 13.8. The Kier molecular flexibility index (Phi) is 7.31. The molecule has 5 aromatic rings. The number of carbonyl (C=O) groups excluding carboxylic acids is 1. The fourth-order valence-corrected chi connectivity index (χ4v) is 4.98. The number of amides is 1. The molecule has 0 bridgehead atoms. The Bertz CT molecular complexity index is 1550. The number of piperidine rings is 1. The second-order valence-corrected chi connectivity index (χ2v) is 9.65. The van der Waals surface area contributed by atoms with Gasteiger partial charge in [-0.05, 0) is 49.9 Å². The third kappa shape index (κ3) is 5.41. The van der Waals surface area contributed by atoms with Crippen molar-refractivity contribution < 1.29 is 15.0 Å². The van der Waals surface area contributed by atoms with Crippen LogP contribution in [-0.4, -0.2) is 44.2 Å². The number of rotatable bonds is 5. The van der Waals surface area contributed by atoms with Crippen LogP contribution < -0.4 is 10.2 Å². The highest BCUT2D eigenvalue weighted by Gasteiger charge is 2.17. The Morgan fingerprint density at radius 3 is 2.70 bits per heavy atom. The average Bonchev–Trinajstić information content (AvgIpc) is 3.53. The van der Waals surface area contributed by atoms with Crippen LogP contribution in [0.25, 0.3) is 26.8 Å². The second-order valence-electron chi connectivity index (χ2n) is 8.74. The maximum Gasteiger partial charge on any atom is 0.207 e. The largest absolute Gasteiger partial charge is 0.356 e. The number of pyridine rings is 1. The summed E-state index contributed by atoms with van der Waals surface area (Å²) in [6, 6.07) is 6.76. The summed E-state index contributed by atoms with van der Waals surface area (Å²) in [4.78, 5) is 25.1. The van der Waals surface area contributed by atoms with Crippen molar-refractivity contribution in [3.63, 3.8) is 0 Å². The SMILES string of the molecule is Cc1ccc(-n2cc3c(N4CCCCC4)ncnc3n2)cc1F.O=CNCc1cc2c(F)csc2cn1.[HH]. The van der Waals surface area contributed by atoms with Crippen LogP contribution in [0.3, 0.4) is 0 Å². The molecule has 0 aliphatic carbocycles. The monoisotopic (exact) mass is 523 g/mol. The Morgan fingerprint density at radius 2 is 1.92 bits per heavy atom. The number of nitrogens with one attached hydrogen (secondary N) is 1. The third-order valence-corrected chi connectivity index (χ3v) is 7.11. The summed E-state index contributed by atoms with van der Waals surface area (Å²) < 4.78 is 29.4. The van der Waals surface area contributed by atoms with E-state index in [2.05, 4.69) is 30.3 Å². The van der Waals surface area contributed by atoms with Crippen molar-refractivity contribution in [2.45, 2.75) is 32.7 Å². The molecule has 0 radical (unpaired) electrons. The number of thiophene rings is 1. The normalized spacial score (nSPS) is 13.4. The van der Waals surface area contributed by atoms with Crippen molar-refractivity contribution in [3.8, 4) is 5.69 Å². The van der Waals surface area contributed by atoms with Crippen molar-refractivity contribution in [2.24, 2.45) is 0 Å². The molecule has 0 saturated carbocycles. The fourth-order valence-electron chi connectivity index (χ4n) is 4.23. The predicted molar refractivity (Wildman–Crippen MR) is 142 cm³/mol. The predicted octanol–water partition coefficient (Wildman–Crippen LogP) is 5.18. The van der Waals surface area contributed by atoms with E-state index in [9.17, 15) is 13.6 Å². The van der Waals surface area contributed by atoms with Gasteiger partial charge in [0, 0.05) is 37.7 Å². The van der Waals surface area contributed by atoms with Gasteiger partial charge in [0.1, 0.15) is 23.8 Å². The zero-order chi connectivity index (χ0) is 25.8. The Morgan fingerprint density at radius 1 is 1.08 bits per heavy atom. The summed E-state index contributed by atoms with van der Waals surface area (Å²) in [6.45, 7) is 4.10. The molecular formula is C26H27F2N7OS. The van der Waals surface area contributed by atoms with E-state index >= 15 is 0 Å². The molecule has 1 aliphatic heterocycles. The summed E-state index contributed by atoms with van der Waals surface area (Å²) in [5.41, 5.74) is 2.61. The molecule has 6 rings (SSSR count). The molecular weight excluding hydrogens is 496 g/mol. The summed E-state index contributed by atoms with van der Waals surface area (Å²) in [5.74, 6) is 0.456. The number of benzene rings is 1. The molecule has 0 spiro atoms. The minimum atomic E-state index is -0.236. The first kappa shape index (κ1) is 24.7. The van der Waals surface area contributed by atoms with E-state index in [0.717, 1.165) is 29.0 Å². The van der Waals surface area contributed by atoms with E-state index in [1.165, 1.54) is 42.0 Å². The lowest BCUT2D eigenvalue weighted by molar-refractivity contribution is -0.109. The van der Waals surface area contributed by atoms with Gasteiger partial charge >= 0.3 is 0 Å². The summed E-state index contributed by atoms with van der Waals surface area (Å²) in [5, 5.41) is 9.88. The van der Waals surface area contributed by atoms with E-state index in [0.29, 0.717) is 40.9 Å². The van der Waals surface area contributed by atoms with Crippen LogP contribution in [0.1, 0.15) is 31.9 Å². The second kappa shape index (κ2) is 11.0. The molecule has 11 heteroatoms. The zero-order valence-corrected chi connectivity index (χ0v) is 21.0. The molecule has 5 heterocycles. The summed E-state index contributed by atoms with van der Waals surface area (Å²) in [7, 11) is 0. The van der Waals surface area contributed by atoms with Crippen molar-refractivity contribution in [2.75, 3.05) is 18.0 Å². The number of hydrogen-bond donors (Lipinski definition) is 1. The highest BCUT2D eigenvalue weighted by atomic mass is 32.1. The Balaban J connectivity index is 0.000000193. The van der Waals surface area contributed by atoms with E-state index < -0.39 is 0 Å². The van der Waals surface area contributed by atoms with E-state index in [-0.39, 0.29) is 13.1 Å². The molecule has 8 nitrogen and oxygen atoms in total. The van der Waals surface area contributed by atoms with Gasteiger partial charge in [-0.1, -0.05) is 6.07 Å². The number of aromatic nitrogens is 5. The molecule has 1 saturated heterocycles. The molecule has 192 valence electrons. The van der Waals surface area contributed by atoms with Gasteiger partial charge in [-0.25, -0.2) is 23.4 Å². The van der Waals surface area contributed by atoms with Crippen molar-refractivity contribution in [1.29, 1.82) is 0 Å². The number of aryl methyl sites for hydroxylation is 1. The highest BCUT2D eigenvalue weighted by molar-refractivity contribution is 7.17. The molecule has 1 aromatic carbocycles. The smallest absolute Gasteiger partial charge is 0.207 e. The lowest BCUT2D eigenvalue weighted by atomic mass is 10.1. The molecule has 1 aliphatic rings.